The van der Waals surface area contributed by atoms with Gasteiger partial charge < -0.3 is 20.4 Å². The Morgan fingerprint density at radius 2 is 1.87 bits per heavy atom. The van der Waals surface area contributed by atoms with Gasteiger partial charge in [0.05, 0.1) is 22.2 Å². The molecule has 2 N–H and O–H groups in total. The van der Waals surface area contributed by atoms with Crippen molar-refractivity contribution in [2.24, 2.45) is 0 Å². The molecule has 0 unspecified atom stereocenters. The summed E-state index contributed by atoms with van der Waals surface area (Å²) in [6.07, 6.45) is 8.60. The number of aromatic nitrogens is 4. The second kappa shape index (κ2) is 11.8. The van der Waals surface area contributed by atoms with Crippen molar-refractivity contribution >= 4 is 45.9 Å². The molecule has 2 saturated heterocycles. The van der Waals surface area contributed by atoms with Crippen LogP contribution < -0.4 is 10.6 Å². The van der Waals surface area contributed by atoms with E-state index in [1.807, 2.05) is 36.5 Å². The van der Waals surface area contributed by atoms with E-state index in [0.717, 1.165) is 60.4 Å². The molecule has 11 heteroatoms. The predicted octanol–water partition coefficient (Wildman–Crippen LogP) is 4.36. The van der Waals surface area contributed by atoms with Crippen LogP contribution in [0.4, 0.5) is 9.57 Å². The number of benzene rings is 1. The predicted molar refractivity (Wildman–Crippen MR) is 155 cm³/mol. The Kier molecular flexibility index (Phi) is 7.89. The fourth-order valence-electron chi connectivity index (χ4n) is 5.50. The van der Waals surface area contributed by atoms with Crippen molar-refractivity contribution in [2.45, 2.75) is 25.7 Å². The van der Waals surface area contributed by atoms with Crippen molar-refractivity contribution < 1.29 is 8.68 Å². The summed E-state index contributed by atoms with van der Waals surface area (Å²) in [6.45, 7) is 6.96. The molecule has 0 radical (unpaired) electrons. The van der Waals surface area contributed by atoms with Gasteiger partial charge in [0.25, 0.3) is 5.91 Å². The lowest BCUT2D eigenvalue weighted by molar-refractivity contribution is 0.0723. The minimum absolute atomic E-state index is 0.00628. The van der Waals surface area contributed by atoms with E-state index in [0.29, 0.717) is 24.1 Å². The van der Waals surface area contributed by atoms with Gasteiger partial charge in [0.15, 0.2) is 12.3 Å². The van der Waals surface area contributed by atoms with E-state index in [1.54, 1.807) is 11.1 Å². The molecule has 0 saturated carbocycles. The molecule has 9 nitrogen and oxygen atoms in total. The highest BCUT2D eigenvalue weighted by molar-refractivity contribution is 7.93. The second-order valence-electron chi connectivity index (χ2n) is 10.2. The molecule has 0 atom stereocenters. The zero-order valence-corrected chi connectivity index (χ0v) is 22.7. The maximum atomic E-state index is 14.0. The van der Waals surface area contributed by atoms with Crippen LogP contribution >= 0.6 is 12.3 Å². The zero-order valence-electron chi connectivity index (χ0n) is 21.9. The van der Waals surface area contributed by atoms with Crippen LogP contribution in [0.5, 0.6) is 0 Å². The van der Waals surface area contributed by atoms with Crippen molar-refractivity contribution in [3.63, 3.8) is 0 Å². The Bertz CT molecular complexity index is 1470. The van der Waals surface area contributed by atoms with Crippen LogP contribution in [0.2, 0.25) is 0 Å². The van der Waals surface area contributed by atoms with Crippen molar-refractivity contribution in [1.82, 2.24) is 34.0 Å². The monoisotopic (exact) mass is 548 g/mol. The fourth-order valence-corrected chi connectivity index (χ4v) is 5.92. The Morgan fingerprint density at radius 3 is 2.69 bits per heavy atom. The van der Waals surface area contributed by atoms with Crippen molar-refractivity contribution in [1.29, 1.82) is 0 Å². The fraction of sp³-hybridized carbons (Fsp3) is 0.429. The summed E-state index contributed by atoms with van der Waals surface area (Å²) in [5, 5.41) is 7.82. The van der Waals surface area contributed by atoms with E-state index in [2.05, 4.69) is 25.5 Å². The van der Waals surface area contributed by atoms with Crippen molar-refractivity contribution in [3.8, 4) is 11.3 Å². The number of hydrogen-bond acceptors (Lipinski definition) is 8. The van der Waals surface area contributed by atoms with Crippen LogP contribution in [0, 0.1) is 0 Å². The average molecular weight is 549 g/mol. The lowest BCUT2D eigenvalue weighted by atomic mass is 10.1. The number of amides is 1. The normalized spacial score (nSPS) is 16.7. The number of piperazine rings is 1. The highest BCUT2D eigenvalue weighted by atomic mass is 32.2. The smallest absolute Gasteiger partial charge is 0.290 e. The SMILES string of the molecule is O=C(c1nc2cc(-c3cc(NCCCN4CCCCC4)c4cnccc4n3)ccc2n1SF)N1CCNCC1. The molecule has 2 fully saturated rings. The second-order valence-corrected chi connectivity index (χ2v) is 10.7. The topological polar surface area (TPSA) is 91.2 Å². The molecule has 2 aliphatic heterocycles. The van der Waals surface area contributed by atoms with Gasteiger partial charge in [-0.15, -0.1) is 3.89 Å². The lowest BCUT2D eigenvalue weighted by Gasteiger charge is -2.26. The number of carbonyl (C=O) groups excluding carboxylic acids is 1. The summed E-state index contributed by atoms with van der Waals surface area (Å²) < 4.78 is 15.3. The highest BCUT2D eigenvalue weighted by Gasteiger charge is 2.25. The molecule has 39 heavy (non-hydrogen) atoms. The van der Waals surface area contributed by atoms with E-state index in [-0.39, 0.29) is 24.1 Å². The Hall–Kier alpha value is -3.28. The van der Waals surface area contributed by atoms with Crippen LogP contribution in [0.25, 0.3) is 33.2 Å². The Morgan fingerprint density at radius 1 is 1.03 bits per heavy atom. The third-order valence-corrected chi connectivity index (χ3v) is 8.11. The molecule has 5 heterocycles. The first-order valence-corrected chi connectivity index (χ1v) is 14.4. The van der Waals surface area contributed by atoms with Gasteiger partial charge in [-0.05, 0) is 63.2 Å². The maximum Gasteiger partial charge on any atom is 0.290 e. The van der Waals surface area contributed by atoms with Gasteiger partial charge >= 0.3 is 0 Å². The first-order valence-electron chi connectivity index (χ1n) is 13.7. The molecular formula is C28H33FN8OS. The molecule has 204 valence electrons. The Labute approximate surface area is 231 Å². The minimum atomic E-state index is -0.258. The maximum absolute atomic E-state index is 14.0. The number of nitrogens with zero attached hydrogens (tertiary/aromatic N) is 6. The van der Waals surface area contributed by atoms with Gasteiger partial charge in [-0.3, -0.25) is 9.78 Å². The number of imidazole rings is 1. The summed E-state index contributed by atoms with van der Waals surface area (Å²) in [4.78, 5) is 31.2. The van der Waals surface area contributed by atoms with E-state index in [4.69, 9.17) is 4.98 Å². The van der Waals surface area contributed by atoms with Crippen LogP contribution in [-0.4, -0.2) is 87.0 Å². The van der Waals surface area contributed by atoms with Crippen LogP contribution in [0.3, 0.4) is 0 Å². The van der Waals surface area contributed by atoms with Crippen LogP contribution in [-0.2, 0) is 0 Å². The first kappa shape index (κ1) is 26.0. The largest absolute Gasteiger partial charge is 0.384 e. The zero-order chi connectivity index (χ0) is 26.6. The van der Waals surface area contributed by atoms with Gasteiger partial charge in [0, 0.05) is 61.8 Å². The molecule has 2 aliphatic rings. The van der Waals surface area contributed by atoms with Crippen LogP contribution in [0.15, 0.2) is 42.7 Å². The number of fused-ring (bicyclic) bond motifs is 2. The van der Waals surface area contributed by atoms with Gasteiger partial charge in [-0.25, -0.2) is 13.9 Å². The quantitative estimate of drug-likeness (QED) is 0.314. The number of pyridine rings is 2. The number of halogens is 1. The first-order chi connectivity index (χ1) is 19.2. The number of carbonyl (C=O) groups is 1. The summed E-state index contributed by atoms with van der Waals surface area (Å²) in [5.41, 5.74) is 4.59. The lowest BCUT2D eigenvalue weighted by Crippen LogP contribution is -2.46. The molecule has 3 aromatic heterocycles. The number of nitrogens with one attached hydrogen (secondary N) is 2. The standard InChI is InChI=1S/C28H33FN8OS/c29-39-37-26-6-5-20(17-25(26)34-27(37)28(38)36-15-10-30-11-16-36)23-18-24(21-19-31-9-7-22(21)33-23)32-8-4-14-35-12-2-1-3-13-35/h5-7,9,17-19,30H,1-4,8,10-16H2,(H,32,33). The van der Waals surface area contributed by atoms with Crippen molar-refractivity contribution in [3.05, 3.63) is 48.5 Å². The number of piperidine rings is 1. The molecule has 1 aromatic carbocycles. The number of anilines is 1. The third-order valence-electron chi connectivity index (χ3n) is 7.60. The third kappa shape index (κ3) is 5.57. The van der Waals surface area contributed by atoms with Crippen LogP contribution in [0.1, 0.15) is 36.3 Å². The minimum Gasteiger partial charge on any atom is -0.384 e. The molecule has 0 bridgehead atoms. The summed E-state index contributed by atoms with van der Waals surface area (Å²) in [7, 11) is 0. The number of rotatable bonds is 8. The van der Waals surface area contributed by atoms with Gasteiger partial charge in [-0.2, -0.15) is 0 Å². The summed E-state index contributed by atoms with van der Waals surface area (Å²) in [5.74, 6) is -0.156. The molecule has 1 amide bonds. The van der Waals surface area contributed by atoms with Gasteiger partial charge in [0.1, 0.15) is 0 Å². The van der Waals surface area contributed by atoms with Gasteiger partial charge in [-0.1, -0.05) is 12.5 Å². The molecule has 4 aromatic rings. The summed E-state index contributed by atoms with van der Waals surface area (Å²) >= 11 is 0.00628. The molecule has 0 spiro atoms. The van der Waals surface area contributed by atoms with Gasteiger partial charge in [0.2, 0.25) is 5.82 Å². The van der Waals surface area contributed by atoms with E-state index < -0.39 is 0 Å². The molecule has 0 aliphatic carbocycles. The molecular weight excluding hydrogens is 515 g/mol. The van der Waals surface area contributed by atoms with E-state index >= 15 is 0 Å². The average Bonchev–Trinajstić information content (AvgIpc) is 3.37. The Balaban J connectivity index is 1.27. The van der Waals surface area contributed by atoms with E-state index in [1.165, 1.54) is 36.3 Å². The van der Waals surface area contributed by atoms with Crippen molar-refractivity contribution in [2.75, 3.05) is 57.7 Å². The highest BCUT2D eigenvalue weighted by Crippen LogP contribution is 2.31. The number of hydrogen-bond donors (Lipinski definition) is 2. The molecule has 6 rings (SSSR count). The number of likely N-dealkylation sites (tertiary alicyclic amines) is 1. The van der Waals surface area contributed by atoms with E-state index in [9.17, 15) is 8.68 Å². The summed E-state index contributed by atoms with van der Waals surface area (Å²) in [6, 6.07) is 9.55.